The summed E-state index contributed by atoms with van der Waals surface area (Å²) in [7, 11) is -2.26. The lowest BCUT2D eigenvalue weighted by Crippen LogP contribution is -2.51. The molecule has 2 aromatic rings. The number of nitrogens with zero attached hydrogens (tertiary/aromatic N) is 4. The lowest BCUT2D eigenvalue weighted by Gasteiger charge is -2.37. The Morgan fingerprint density at radius 3 is 2.68 bits per heavy atom. The van der Waals surface area contributed by atoms with Gasteiger partial charge >= 0.3 is 6.03 Å². The Morgan fingerprint density at radius 2 is 2.03 bits per heavy atom. The fourth-order valence-electron chi connectivity index (χ4n) is 3.79. The molecule has 10 nitrogen and oxygen atoms in total. The first-order valence-electron chi connectivity index (χ1n) is 11.4. The maximum atomic E-state index is 13.6. The molecule has 1 aliphatic heterocycles. The van der Waals surface area contributed by atoms with Crippen molar-refractivity contribution in [2.24, 2.45) is 5.92 Å². The molecule has 0 bridgehead atoms. The molecule has 186 valence electrons. The summed E-state index contributed by atoms with van der Waals surface area (Å²) in [5, 5.41) is 12.6. The monoisotopic (exact) mass is 491 g/mol. The van der Waals surface area contributed by atoms with Gasteiger partial charge in [0.15, 0.2) is 0 Å². The zero-order valence-electron chi connectivity index (χ0n) is 20.0. The van der Waals surface area contributed by atoms with Gasteiger partial charge in [0.05, 0.1) is 13.2 Å². The van der Waals surface area contributed by atoms with E-state index in [1.165, 1.54) is 16.7 Å². The first-order chi connectivity index (χ1) is 16.2. The van der Waals surface area contributed by atoms with Crippen molar-refractivity contribution in [3.05, 3.63) is 36.9 Å². The minimum Gasteiger partial charge on any atom is -0.487 e. The van der Waals surface area contributed by atoms with Crippen LogP contribution in [0.2, 0.25) is 0 Å². The molecule has 3 atom stereocenters. The first-order valence-corrected chi connectivity index (χ1v) is 12.8. The summed E-state index contributed by atoms with van der Waals surface area (Å²) in [6, 6.07) is 4.02. The predicted molar refractivity (Wildman–Crippen MR) is 128 cm³/mol. The molecule has 1 aromatic heterocycles. The fourth-order valence-corrected chi connectivity index (χ4v) is 5.62. The van der Waals surface area contributed by atoms with Crippen LogP contribution in [0.15, 0.2) is 41.8 Å². The largest absolute Gasteiger partial charge is 0.487 e. The molecular weight excluding hydrogens is 458 g/mol. The highest BCUT2D eigenvalue weighted by molar-refractivity contribution is 7.89. The van der Waals surface area contributed by atoms with E-state index in [1.54, 1.807) is 43.4 Å². The number of benzene rings is 1. The van der Waals surface area contributed by atoms with Crippen LogP contribution in [0, 0.1) is 5.92 Å². The van der Waals surface area contributed by atoms with E-state index in [2.05, 4.69) is 15.3 Å². The van der Waals surface area contributed by atoms with Crippen LogP contribution in [-0.4, -0.2) is 84.2 Å². The summed E-state index contributed by atoms with van der Waals surface area (Å²) in [6.07, 6.45) is 5.03. The van der Waals surface area contributed by atoms with Crippen LogP contribution in [0.3, 0.4) is 0 Å². The van der Waals surface area contributed by atoms with E-state index in [4.69, 9.17) is 4.74 Å². The molecule has 2 heterocycles. The summed E-state index contributed by atoms with van der Waals surface area (Å²) >= 11 is 0. The number of carbonyl (C=O) groups is 1. The zero-order chi connectivity index (χ0) is 24.9. The van der Waals surface area contributed by atoms with E-state index >= 15 is 0 Å². The Labute approximate surface area is 201 Å². The highest BCUT2D eigenvalue weighted by Crippen LogP contribution is 2.36. The van der Waals surface area contributed by atoms with Crippen LogP contribution in [0.1, 0.15) is 27.2 Å². The Kier molecular flexibility index (Phi) is 8.45. The van der Waals surface area contributed by atoms with Gasteiger partial charge in [0, 0.05) is 50.1 Å². The van der Waals surface area contributed by atoms with E-state index < -0.39 is 22.2 Å². The van der Waals surface area contributed by atoms with Crippen molar-refractivity contribution in [1.82, 2.24) is 24.5 Å². The molecular formula is C23H33N5O5S. The molecule has 11 heteroatoms. The van der Waals surface area contributed by atoms with Crippen molar-refractivity contribution in [2.75, 3.05) is 33.3 Å². The fraction of sp³-hybridized carbons (Fsp3) is 0.522. The van der Waals surface area contributed by atoms with Gasteiger partial charge in [-0.3, -0.25) is 0 Å². The van der Waals surface area contributed by atoms with E-state index in [1.807, 2.05) is 13.8 Å². The molecule has 1 aromatic carbocycles. The highest BCUT2D eigenvalue weighted by atomic mass is 32.2. The minimum absolute atomic E-state index is 0.0170. The quantitative estimate of drug-likeness (QED) is 0.607. The number of aromatic nitrogens is 2. The second-order valence-corrected chi connectivity index (χ2v) is 10.5. The van der Waals surface area contributed by atoms with Crippen LogP contribution in [0.4, 0.5) is 4.79 Å². The summed E-state index contributed by atoms with van der Waals surface area (Å²) in [5.41, 5.74) is 1.42. The number of hydrogen-bond acceptors (Lipinski definition) is 7. The molecule has 0 aliphatic carbocycles. The van der Waals surface area contributed by atoms with Crippen molar-refractivity contribution in [2.45, 2.75) is 44.2 Å². The average molecular weight is 492 g/mol. The van der Waals surface area contributed by atoms with Gasteiger partial charge in [-0.15, -0.1) is 0 Å². The second kappa shape index (κ2) is 11.1. The van der Waals surface area contributed by atoms with E-state index in [0.29, 0.717) is 12.1 Å². The first kappa shape index (κ1) is 25.9. The van der Waals surface area contributed by atoms with Crippen LogP contribution >= 0.6 is 0 Å². The topological polar surface area (TPSA) is 125 Å². The lowest BCUT2D eigenvalue weighted by atomic mass is 10.0. The molecule has 34 heavy (non-hydrogen) atoms. The van der Waals surface area contributed by atoms with Crippen LogP contribution < -0.4 is 10.1 Å². The third-order valence-electron chi connectivity index (χ3n) is 5.89. The summed E-state index contributed by atoms with van der Waals surface area (Å²) < 4.78 is 34.7. The average Bonchev–Trinajstić information content (AvgIpc) is 2.84. The second-order valence-electron chi connectivity index (χ2n) is 8.64. The standard InChI is InChI=1S/C23H33N5O5S/c1-5-8-26-23(30)27(4)13-21-16(2)12-28(17(3)14-29)34(31,32)22-7-6-18(9-20(22)33-21)19-10-24-15-25-11-19/h6-7,9-11,15-17,21,29H,5,8,12-14H2,1-4H3,(H,26,30)/t16-,17-,21-/m1/s1. The zero-order valence-corrected chi connectivity index (χ0v) is 20.8. The highest BCUT2D eigenvalue weighted by Gasteiger charge is 2.38. The molecule has 0 fully saturated rings. The molecule has 3 rings (SSSR count). The summed E-state index contributed by atoms with van der Waals surface area (Å²) in [6.45, 7) is 6.19. The van der Waals surface area contributed by atoms with Gasteiger partial charge in [0.25, 0.3) is 0 Å². The Morgan fingerprint density at radius 1 is 1.32 bits per heavy atom. The molecule has 0 spiro atoms. The van der Waals surface area contributed by atoms with Crippen molar-refractivity contribution >= 4 is 16.1 Å². The normalized spacial score (nSPS) is 20.9. The Bertz CT molecular complexity index is 1080. The number of urea groups is 1. The smallest absolute Gasteiger partial charge is 0.317 e. The number of rotatable bonds is 7. The number of hydrogen-bond donors (Lipinski definition) is 2. The number of fused-ring (bicyclic) bond motifs is 1. The van der Waals surface area contributed by atoms with Gasteiger partial charge in [-0.2, -0.15) is 4.31 Å². The van der Waals surface area contributed by atoms with Gasteiger partial charge in [-0.05, 0) is 31.0 Å². The van der Waals surface area contributed by atoms with Crippen LogP contribution in [0.25, 0.3) is 11.1 Å². The number of likely N-dealkylation sites (N-methyl/N-ethyl adjacent to an activating group) is 1. The minimum atomic E-state index is -3.94. The number of aliphatic hydroxyl groups excluding tert-OH is 1. The number of nitrogens with one attached hydrogen (secondary N) is 1. The molecule has 1 aliphatic rings. The number of amides is 2. The van der Waals surface area contributed by atoms with Gasteiger partial charge in [-0.1, -0.05) is 19.9 Å². The third kappa shape index (κ3) is 5.65. The Balaban J connectivity index is 2.04. The van der Waals surface area contributed by atoms with Crippen LogP contribution in [-0.2, 0) is 10.0 Å². The van der Waals surface area contributed by atoms with Crippen LogP contribution in [0.5, 0.6) is 5.75 Å². The molecule has 0 saturated heterocycles. The van der Waals surface area contributed by atoms with Crippen molar-refractivity contribution < 1.29 is 23.1 Å². The van der Waals surface area contributed by atoms with Gasteiger partial charge in [0.1, 0.15) is 23.1 Å². The third-order valence-corrected chi connectivity index (χ3v) is 7.91. The molecule has 2 N–H and O–H groups in total. The maximum Gasteiger partial charge on any atom is 0.317 e. The van der Waals surface area contributed by atoms with E-state index in [9.17, 15) is 18.3 Å². The van der Waals surface area contributed by atoms with Gasteiger partial charge in [-0.25, -0.2) is 23.2 Å². The number of sulfonamides is 1. The maximum absolute atomic E-state index is 13.6. The van der Waals surface area contributed by atoms with Crippen molar-refractivity contribution in [3.63, 3.8) is 0 Å². The number of aliphatic hydroxyl groups is 1. The molecule has 0 unspecified atom stereocenters. The van der Waals surface area contributed by atoms with E-state index in [-0.39, 0.29) is 42.3 Å². The van der Waals surface area contributed by atoms with E-state index in [0.717, 1.165) is 12.0 Å². The number of ether oxygens (including phenoxy) is 1. The molecule has 0 saturated carbocycles. The van der Waals surface area contributed by atoms with Crippen molar-refractivity contribution in [1.29, 1.82) is 0 Å². The SMILES string of the molecule is CCCNC(=O)N(C)C[C@H]1Oc2cc(-c3cncnc3)ccc2S(=O)(=O)N([C@H](C)CO)C[C@H]1C. The van der Waals surface area contributed by atoms with Crippen molar-refractivity contribution in [3.8, 4) is 16.9 Å². The molecule has 2 amide bonds. The van der Waals surface area contributed by atoms with Gasteiger partial charge in [0.2, 0.25) is 10.0 Å². The van der Waals surface area contributed by atoms with Gasteiger partial charge < -0.3 is 20.1 Å². The summed E-state index contributed by atoms with van der Waals surface area (Å²) in [5.74, 6) is -0.0718. The molecule has 0 radical (unpaired) electrons. The summed E-state index contributed by atoms with van der Waals surface area (Å²) in [4.78, 5) is 22.1. The lowest BCUT2D eigenvalue weighted by molar-refractivity contribution is 0.0813. The predicted octanol–water partition coefficient (Wildman–Crippen LogP) is 1.96. The Hall–Kier alpha value is -2.76. The number of carbonyl (C=O) groups excluding carboxylic acids is 1.